The van der Waals surface area contributed by atoms with Crippen LogP contribution in [0.25, 0.3) is 0 Å². The summed E-state index contributed by atoms with van der Waals surface area (Å²) in [6.45, 7) is 4.67. The molecule has 3 atom stereocenters. The number of rotatable bonds is 55. The molecule has 0 fully saturated rings. The van der Waals surface area contributed by atoms with Crippen LogP contribution in [-0.4, -0.2) is 68.5 Å². The van der Waals surface area contributed by atoms with Crippen molar-refractivity contribution < 1.29 is 32.9 Å². The minimum Gasteiger partial charge on any atom is -0.756 e. The van der Waals surface area contributed by atoms with Crippen molar-refractivity contribution in [3.05, 3.63) is 36.5 Å². The highest BCUT2D eigenvalue weighted by atomic mass is 31.2. The average Bonchev–Trinajstić information content (AvgIpc) is 3.31. The van der Waals surface area contributed by atoms with E-state index < -0.39 is 26.6 Å². The molecular formula is C60H117N2O6P. The molecule has 0 aromatic rings. The Bertz CT molecular complexity index is 1220. The lowest BCUT2D eigenvalue weighted by Crippen LogP contribution is -2.45. The van der Waals surface area contributed by atoms with Crippen molar-refractivity contribution in [1.82, 2.24) is 5.32 Å². The lowest BCUT2D eigenvalue weighted by atomic mass is 10.0. The SMILES string of the molecule is CCCCCCCCCCCCCC/C=C\CCCCCCCCCCC(=O)NC(COP(=O)([O-])OCC[N+](C)(C)C)C(O)/C=C/CC/C=C/CCCCCCCCCCCCCCCCCCC. The number of nitrogens with one attached hydrogen (secondary N) is 1. The highest BCUT2D eigenvalue weighted by molar-refractivity contribution is 7.45. The van der Waals surface area contributed by atoms with Crippen LogP contribution in [0.1, 0.15) is 290 Å². The van der Waals surface area contributed by atoms with E-state index in [4.69, 9.17) is 9.05 Å². The second-order valence-corrected chi connectivity index (χ2v) is 23.1. The van der Waals surface area contributed by atoms with Crippen molar-refractivity contribution in [2.75, 3.05) is 40.9 Å². The number of allylic oxidation sites excluding steroid dienone is 5. The van der Waals surface area contributed by atoms with Crippen molar-refractivity contribution in [1.29, 1.82) is 0 Å². The molecule has 0 aliphatic rings. The maximum absolute atomic E-state index is 13.0. The fraction of sp³-hybridized carbons (Fsp3) is 0.883. The maximum Gasteiger partial charge on any atom is 0.268 e. The van der Waals surface area contributed by atoms with Crippen molar-refractivity contribution in [2.24, 2.45) is 0 Å². The van der Waals surface area contributed by atoms with E-state index in [0.717, 1.165) is 38.5 Å². The molecule has 0 heterocycles. The first-order valence-corrected chi connectivity index (χ1v) is 31.3. The van der Waals surface area contributed by atoms with E-state index >= 15 is 0 Å². The summed E-state index contributed by atoms with van der Waals surface area (Å²) < 4.78 is 23.4. The van der Waals surface area contributed by atoms with Crippen LogP contribution in [0.2, 0.25) is 0 Å². The summed E-state index contributed by atoms with van der Waals surface area (Å²) >= 11 is 0. The van der Waals surface area contributed by atoms with Gasteiger partial charge < -0.3 is 28.8 Å². The van der Waals surface area contributed by atoms with Crippen molar-refractivity contribution in [2.45, 2.75) is 302 Å². The number of hydrogen-bond donors (Lipinski definition) is 2. The molecule has 0 saturated carbocycles. The summed E-state index contributed by atoms with van der Waals surface area (Å²) in [4.78, 5) is 25.5. The standard InChI is InChI=1S/C60H117N2O6P/c1-6-8-10-12-14-16-18-20-22-24-26-28-30-32-34-36-38-40-42-44-46-48-50-52-54-60(64)61-58(57-68-69(65,66)67-56-55-62(3,4)5)59(63)53-51-49-47-45-43-41-39-37-35-33-31-29-27-25-23-21-19-17-15-13-11-9-7-2/h32,34,43,45,51,53,58-59,63H,6-31,33,35-42,44,46-50,52,54-57H2,1-5H3,(H-,61,64,65,66)/b34-32-,45-43+,53-51+. The third kappa shape index (κ3) is 54.3. The molecule has 0 bridgehead atoms. The number of phosphoric acid groups is 1. The van der Waals surface area contributed by atoms with Crippen LogP contribution in [0.15, 0.2) is 36.5 Å². The average molecular weight is 994 g/mol. The summed E-state index contributed by atoms with van der Waals surface area (Å²) in [7, 11) is 1.25. The zero-order valence-electron chi connectivity index (χ0n) is 46.5. The molecule has 0 aromatic carbocycles. The molecule has 0 radical (unpaired) electrons. The van der Waals surface area contributed by atoms with Gasteiger partial charge in [0.25, 0.3) is 7.82 Å². The van der Waals surface area contributed by atoms with E-state index in [2.05, 4.69) is 43.5 Å². The smallest absolute Gasteiger partial charge is 0.268 e. The fourth-order valence-electron chi connectivity index (χ4n) is 8.87. The first kappa shape index (κ1) is 67.7. The molecule has 408 valence electrons. The second-order valence-electron chi connectivity index (χ2n) is 21.7. The van der Waals surface area contributed by atoms with Gasteiger partial charge in [-0.2, -0.15) is 0 Å². The van der Waals surface area contributed by atoms with Crippen molar-refractivity contribution >= 4 is 13.7 Å². The van der Waals surface area contributed by atoms with Gasteiger partial charge in [0.1, 0.15) is 13.2 Å². The molecule has 1 amide bonds. The second kappa shape index (κ2) is 51.6. The number of carbonyl (C=O) groups is 1. The molecule has 2 N–H and O–H groups in total. The molecule has 9 heteroatoms. The number of hydrogen-bond acceptors (Lipinski definition) is 6. The van der Waals surface area contributed by atoms with E-state index in [0.29, 0.717) is 17.4 Å². The fourth-order valence-corrected chi connectivity index (χ4v) is 9.60. The number of carbonyl (C=O) groups excluding carboxylic acids is 1. The zero-order valence-corrected chi connectivity index (χ0v) is 47.4. The molecule has 0 aliphatic carbocycles. The minimum atomic E-state index is -4.61. The molecule has 0 aliphatic heterocycles. The molecule has 69 heavy (non-hydrogen) atoms. The molecule has 0 saturated heterocycles. The monoisotopic (exact) mass is 993 g/mol. The number of phosphoric ester groups is 1. The van der Waals surface area contributed by atoms with Crippen LogP contribution < -0.4 is 10.2 Å². The quantitative estimate of drug-likeness (QED) is 0.0272. The van der Waals surface area contributed by atoms with E-state index in [9.17, 15) is 19.4 Å². The Balaban J connectivity index is 4.23. The summed E-state index contributed by atoms with van der Waals surface area (Å²) in [5.74, 6) is -0.207. The summed E-state index contributed by atoms with van der Waals surface area (Å²) in [5, 5.41) is 13.9. The van der Waals surface area contributed by atoms with Gasteiger partial charge in [-0.15, -0.1) is 0 Å². The molecule has 8 nitrogen and oxygen atoms in total. The predicted octanol–water partition coefficient (Wildman–Crippen LogP) is 17.5. The Kier molecular flexibility index (Phi) is 50.7. The molecule has 0 aromatic heterocycles. The van der Waals surface area contributed by atoms with Gasteiger partial charge in [-0.1, -0.05) is 262 Å². The normalized spacial score (nSPS) is 14.1. The van der Waals surface area contributed by atoms with Gasteiger partial charge in [0.2, 0.25) is 5.91 Å². The van der Waals surface area contributed by atoms with Gasteiger partial charge >= 0.3 is 0 Å². The number of unbranched alkanes of at least 4 members (excludes halogenated alkanes) is 38. The van der Waals surface area contributed by atoms with Crippen LogP contribution in [0.4, 0.5) is 0 Å². The number of nitrogens with zero attached hydrogens (tertiary/aromatic N) is 1. The van der Waals surface area contributed by atoms with Crippen LogP contribution in [0.5, 0.6) is 0 Å². The first-order chi connectivity index (χ1) is 33.5. The van der Waals surface area contributed by atoms with E-state index in [1.54, 1.807) is 6.08 Å². The van der Waals surface area contributed by atoms with Crippen LogP contribution in [0.3, 0.4) is 0 Å². The molecule has 0 spiro atoms. The highest BCUT2D eigenvalue weighted by Gasteiger charge is 2.23. The highest BCUT2D eigenvalue weighted by Crippen LogP contribution is 2.38. The Labute approximate surface area is 429 Å². The van der Waals surface area contributed by atoms with Gasteiger partial charge in [0.05, 0.1) is 39.9 Å². The van der Waals surface area contributed by atoms with E-state index in [1.807, 2.05) is 27.2 Å². The Hall–Kier alpha value is -1.28. The topological polar surface area (TPSA) is 108 Å². The molecule has 3 unspecified atom stereocenters. The van der Waals surface area contributed by atoms with Crippen LogP contribution >= 0.6 is 7.82 Å². The van der Waals surface area contributed by atoms with Gasteiger partial charge in [0.15, 0.2) is 0 Å². The largest absolute Gasteiger partial charge is 0.756 e. The lowest BCUT2D eigenvalue weighted by Gasteiger charge is -2.29. The van der Waals surface area contributed by atoms with Gasteiger partial charge in [-0.3, -0.25) is 9.36 Å². The van der Waals surface area contributed by atoms with E-state index in [-0.39, 0.29) is 12.5 Å². The van der Waals surface area contributed by atoms with Gasteiger partial charge in [-0.05, 0) is 57.8 Å². The van der Waals surface area contributed by atoms with Crippen molar-refractivity contribution in [3.63, 3.8) is 0 Å². The minimum absolute atomic E-state index is 0.00626. The van der Waals surface area contributed by atoms with Crippen LogP contribution in [0, 0.1) is 0 Å². The Morgan fingerprint density at radius 2 is 0.812 bits per heavy atom. The van der Waals surface area contributed by atoms with Crippen molar-refractivity contribution in [3.8, 4) is 0 Å². The summed E-state index contributed by atoms with van der Waals surface area (Å²) in [6, 6.07) is -0.905. The predicted molar refractivity (Wildman–Crippen MR) is 298 cm³/mol. The number of aliphatic hydroxyl groups is 1. The number of amides is 1. The molecule has 0 rings (SSSR count). The summed E-state index contributed by atoms with van der Waals surface area (Å²) in [5.41, 5.74) is 0. The maximum atomic E-state index is 13.0. The third-order valence-corrected chi connectivity index (χ3v) is 14.5. The Morgan fingerprint density at radius 1 is 0.493 bits per heavy atom. The number of quaternary nitrogens is 1. The zero-order chi connectivity index (χ0) is 50.6. The summed E-state index contributed by atoms with van der Waals surface area (Å²) in [6.07, 6.45) is 66.6. The first-order valence-electron chi connectivity index (χ1n) is 29.9. The number of aliphatic hydroxyl groups excluding tert-OH is 1. The Morgan fingerprint density at radius 3 is 1.17 bits per heavy atom. The number of likely N-dealkylation sites (N-methyl/N-ethyl adjacent to an activating group) is 1. The van der Waals surface area contributed by atoms with E-state index in [1.165, 1.54) is 231 Å². The van der Waals surface area contributed by atoms with Gasteiger partial charge in [-0.25, -0.2) is 0 Å². The van der Waals surface area contributed by atoms with Crippen LogP contribution in [-0.2, 0) is 18.4 Å². The lowest BCUT2D eigenvalue weighted by molar-refractivity contribution is -0.870. The third-order valence-electron chi connectivity index (χ3n) is 13.6. The van der Waals surface area contributed by atoms with Gasteiger partial charge in [0, 0.05) is 6.42 Å². The molecular weight excluding hydrogens is 876 g/mol.